The molecule has 3 rings (SSSR count). The molecule has 0 radical (unpaired) electrons. The molecule has 0 aliphatic heterocycles. The third-order valence-corrected chi connectivity index (χ3v) is 6.18. The number of halogens is 6. The fourth-order valence-corrected chi connectivity index (χ4v) is 4.08. The number of carbonyl (C=O) groups excluding carboxylic acids is 3. The minimum atomic E-state index is -4.94. The van der Waals surface area contributed by atoms with Crippen molar-refractivity contribution in [3.8, 4) is 5.75 Å². The lowest BCUT2D eigenvalue weighted by Crippen LogP contribution is -2.53. The lowest BCUT2D eigenvalue weighted by atomic mass is 9.80. The Labute approximate surface area is 242 Å². The van der Waals surface area contributed by atoms with E-state index in [9.17, 15) is 36.3 Å². The van der Waals surface area contributed by atoms with E-state index >= 15 is 0 Å². The van der Waals surface area contributed by atoms with Crippen LogP contribution >= 0.6 is 11.6 Å². The van der Waals surface area contributed by atoms with Gasteiger partial charge < -0.3 is 20.1 Å². The molecule has 1 atom stereocenters. The highest BCUT2D eigenvalue weighted by molar-refractivity contribution is 6.30. The molecule has 14 heteroatoms. The predicted octanol–water partition coefficient (Wildman–Crippen LogP) is 5.42. The summed E-state index contributed by atoms with van der Waals surface area (Å²) in [6.45, 7) is -0.504. The van der Waals surface area contributed by atoms with Gasteiger partial charge in [-0.1, -0.05) is 41.9 Å². The van der Waals surface area contributed by atoms with E-state index in [2.05, 4.69) is 25.1 Å². The first-order valence-electron chi connectivity index (χ1n) is 12.3. The molecule has 8 nitrogen and oxygen atoms in total. The third-order valence-electron chi connectivity index (χ3n) is 5.96. The highest BCUT2D eigenvalue weighted by atomic mass is 35.5. The lowest BCUT2D eigenvalue weighted by molar-refractivity contribution is -0.253. The number of benzene rings is 2. The molecule has 2 N–H and O–H groups in total. The maximum atomic E-state index is 14.9. The van der Waals surface area contributed by atoms with Gasteiger partial charge in [0.25, 0.3) is 0 Å². The fraction of sp³-hybridized carbons (Fsp3) is 0.286. The summed E-state index contributed by atoms with van der Waals surface area (Å²) >= 11 is 6.01. The van der Waals surface area contributed by atoms with Crippen LogP contribution in [0.25, 0.3) is 0 Å². The number of carbonyl (C=O) groups is 3. The van der Waals surface area contributed by atoms with E-state index in [1.807, 2.05) is 0 Å². The standard InChI is InChI=1S/C28H25ClF5N3O5/c1-41-24(39)10-8-21(38)16-36-26(40)37-27(14-17-5-3-2-4-6-17,23-9-7-19(29)15-35-23)18-11-20(30)13-22(12-18)42-28(33,34)25(31)32/h2-7,9,11-13,15,25H,8,10,14,16H2,1H3,(H2,36,37,40)/t27-/m0/s1. The number of hydrogen-bond donors (Lipinski definition) is 2. The van der Waals surface area contributed by atoms with Crippen molar-refractivity contribution in [1.29, 1.82) is 0 Å². The molecule has 0 bridgehead atoms. The second-order valence-corrected chi connectivity index (χ2v) is 9.43. The van der Waals surface area contributed by atoms with Crippen molar-refractivity contribution in [3.05, 3.63) is 94.5 Å². The van der Waals surface area contributed by atoms with Gasteiger partial charge in [-0.2, -0.15) is 17.6 Å². The average Bonchev–Trinajstić information content (AvgIpc) is 2.94. The molecule has 42 heavy (non-hydrogen) atoms. The molecule has 224 valence electrons. The SMILES string of the molecule is COC(=O)CCC(=O)CNC(=O)N[C@@](Cc1ccccc1)(c1cc(F)cc(OC(F)(F)C(F)F)c1)c1ccc(Cl)cn1. The van der Waals surface area contributed by atoms with Crippen LogP contribution in [0.5, 0.6) is 5.75 Å². The van der Waals surface area contributed by atoms with E-state index in [1.54, 1.807) is 30.3 Å². The van der Waals surface area contributed by atoms with Crippen molar-refractivity contribution >= 4 is 29.4 Å². The molecule has 2 amide bonds. The maximum Gasteiger partial charge on any atom is 0.461 e. The molecule has 0 aliphatic carbocycles. The number of alkyl halides is 4. The van der Waals surface area contributed by atoms with Gasteiger partial charge in [-0.05, 0) is 35.4 Å². The summed E-state index contributed by atoms with van der Waals surface area (Å²) in [7, 11) is 1.16. The van der Waals surface area contributed by atoms with Crippen molar-refractivity contribution in [2.75, 3.05) is 13.7 Å². The first kappa shape index (κ1) is 32.3. The number of aromatic nitrogens is 1. The highest BCUT2D eigenvalue weighted by Gasteiger charge is 2.45. The summed E-state index contributed by atoms with van der Waals surface area (Å²) in [6, 6.07) is 12.5. The van der Waals surface area contributed by atoms with Crippen LogP contribution in [0.15, 0.2) is 66.9 Å². The molecule has 0 spiro atoms. The van der Waals surface area contributed by atoms with Gasteiger partial charge in [0.1, 0.15) is 17.1 Å². The number of amides is 2. The van der Waals surface area contributed by atoms with Crippen LogP contribution in [0.1, 0.15) is 29.7 Å². The van der Waals surface area contributed by atoms with Gasteiger partial charge >= 0.3 is 24.5 Å². The molecule has 0 aliphatic rings. The first-order chi connectivity index (χ1) is 19.8. The smallest absolute Gasteiger partial charge is 0.461 e. The molecule has 0 unspecified atom stereocenters. The molecule has 3 aromatic rings. The van der Waals surface area contributed by atoms with Crippen LogP contribution in [0.4, 0.5) is 26.7 Å². The van der Waals surface area contributed by atoms with Crippen LogP contribution in [0.2, 0.25) is 5.02 Å². The summed E-state index contributed by atoms with van der Waals surface area (Å²) in [6.07, 6.45) is -8.50. The van der Waals surface area contributed by atoms with E-state index < -0.39 is 54.0 Å². The summed E-state index contributed by atoms with van der Waals surface area (Å²) in [5.74, 6) is -3.21. The Morgan fingerprint density at radius 1 is 1.02 bits per heavy atom. The number of ether oxygens (including phenoxy) is 2. The van der Waals surface area contributed by atoms with E-state index in [-0.39, 0.29) is 35.5 Å². The van der Waals surface area contributed by atoms with Gasteiger partial charge in [-0.25, -0.2) is 9.18 Å². The Morgan fingerprint density at radius 2 is 1.74 bits per heavy atom. The zero-order chi connectivity index (χ0) is 30.9. The second kappa shape index (κ2) is 14.1. The van der Waals surface area contributed by atoms with Gasteiger partial charge in [0, 0.05) is 25.1 Å². The number of rotatable bonds is 13. The summed E-state index contributed by atoms with van der Waals surface area (Å²) in [5.41, 5.74) is -1.42. The molecule has 0 saturated carbocycles. The molecule has 0 fully saturated rings. The van der Waals surface area contributed by atoms with Gasteiger partial charge in [0.05, 0.1) is 30.8 Å². The Balaban J connectivity index is 2.09. The largest absolute Gasteiger partial charge is 0.469 e. The van der Waals surface area contributed by atoms with Crippen molar-refractivity contribution in [2.24, 2.45) is 0 Å². The van der Waals surface area contributed by atoms with Gasteiger partial charge in [-0.15, -0.1) is 0 Å². The highest BCUT2D eigenvalue weighted by Crippen LogP contribution is 2.37. The van der Waals surface area contributed by atoms with Crippen LogP contribution in [-0.4, -0.2) is 49.0 Å². The number of methoxy groups -OCH3 is 1. The second-order valence-electron chi connectivity index (χ2n) is 8.99. The van der Waals surface area contributed by atoms with E-state index in [1.165, 1.54) is 18.3 Å². The number of nitrogens with one attached hydrogen (secondary N) is 2. The van der Waals surface area contributed by atoms with E-state index in [4.69, 9.17) is 11.6 Å². The molecular formula is C28H25ClF5N3O5. The van der Waals surface area contributed by atoms with E-state index in [0.717, 1.165) is 19.2 Å². The lowest BCUT2D eigenvalue weighted by Gasteiger charge is -2.35. The van der Waals surface area contributed by atoms with Crippen molar-refractivity contribution in [3.63, 3.8) is 0 Å². The summed E-state index contributed by atoms with van der Waals surface area (Å²) in [5, 5.41) is 5.20. The number of esters is 1. The monoisotopic (exact) mass is 613 g/mol. The van der Waals surface area contributed by atoms with Crippen LogP contribution < -0.4 is 15.4 Å². The fourth-order valence-electron chi connectivity index (χ4n) is 3.97. The zero-order valence-corrected chi connectivity index (χ0v) is 22.8. The Hall–Kier alpha value is -4.26. The van der Waals surface area contributed by atoms with Gasteiger partial charge in [0.2, 0.25) is 0 Å². The molecular weight excluding hydrogens is 589 g/mol. The van der Waals surface area contributed by atoms with Crippen molar-refractivity contribution in [2.45, 2.75) is 37.3 Å². The van der Waals surface area contributed by atoms with Crippen molar-refractivity contribution in [1.82, 2.24) is 15.6 Å². The molecule has 1 aromatic heterocycles. The number of pyridine rings is 1. The molecule has 1 heterocycles. The zero-order valence-electron chi connectivity index (χ0n) is 22.0. The quantitative estimate of drug-likeness (QED) is 0.197. The normalized spacial score (nSPS) is 12.8. The Bertz CT molecular complexity index is 1400. The number of ketones is 1. The van der Waals surface area contributed by atoms with Gasteiger partial charge in [-0.3, -0.25) is 14.6 Å². The topological polar surface area (TPSA) is 107 Å². The summed E-state index contributed by atoms with van der Waals surface area (Å²) in [4.78, 5) is 41.0. The van der Waals surface area contributed by atoms with E-state index in [0.29, 0.717) is 11.6 Å². The Morgan fingerprint density at radius 3 is 2.36 bits per heavy atom. The number of urea groups is 1. The number of Topliss-reactive ketones (excluding diaryl/α,β-unsaturated/α-hetero) is 1. The number of hydrogen-bond acceptors (Lipinski definition) is 6. The van der Waals surface area contributed by atoms with Crippen LogP contribution in [0, 0.1) is 5.82 Å². The maximum absolute atomic E-state index is 14.9. The third kappa shape index (κ3) is 8.62. The minimum absolute atomic E-state index is 0.0556. The van der Waals surface area contributed by atoms with Crippen LogP contribution in [0.3, 0.4) is 0 Å². The van der Waals surface area contributed by atoms with Gasteiger partial charge in [0.15, 0.2) is 5.78 Å². The predicted molar refractivity (Wildman–Crippen MR) is 141 cm³/mol. The first-order valence-corrected chi connectivity index (χ1v) is 12.7. The summed E-state index contributed by atoms with van der Waals surface area (Å²) < 4.78 is 76.7. The number of nitrogens with zero attached hydrogens (tertiary/aromatic N) is 1. The average molecular weight is 614 g/mol. The molecule has 0 saturated heterocycles. The Kier molecular flexibility index (Phi) is 10.8. The minimum Gasteiger partial charge on any atom is -0.469 e. The van der Waals surface area contributed by atoms with Crippen LogP contribution in [-0.2, 0) is 26.3 Å². The molecule has 2 aromatic carbocycles. The van der Waals surface area contributed by atoms with Crippen molar-refractivity contribution < 1.29 is 45.8 Å².